The molecule has 1 aromatic rings. The molecular formula is C20H27FN2O. The van der Waals surface area contributed by atoms with Gasteiger partial charge >= 0.3 is 0 Å². The summed E-state index contributed by atoms with van der Waals surface area (Å²) in [7, 11) is 0. The van der Waals surface area contributed by atoms with E-state index in [4.69, 9.17) is 0 Å². The summed E-state index contributed by atoms with van der Waals surface area (Å²) in [5, 5.41) is 0. The van der Waals surface area contributed by atoms with Crippen LogP contribution in [-0.4, -0.2) is 47.9 Å². The zero-order valence-electron chi connectivity index (χ0n) is 14.3. The average Bonchev–Trinajstić information content (AvgIpc) is 2.85. The first-order valence-electron chi connectivity index (χ1n) is 9.43. The summed E-state index contributed by atoms with van der Waals surface area (Å²) in [6.45, 7) is 4.18. The van der Waals surface area contributed by atoms with Gasteiger partial charge in [-0.25, -0.2) is 4.39 Å². The number of piperidine rings is 1. The second-order valence-corrected chi connectivity index (χ2v) is 7.95. The number of nitrogens with zero attached hydrogens (tertiary/aromatic N) is 2. The highest BCUT2D eigenvalue weighted by molar-refractivity contribution is 5.79. The molecule has 3 nitrogen and oxygen atoms in total. The summed E-state index contributed by atoms with van der Waals surface area (Å²) in [4.78, 5) is 17.5. The third kappa shape index (κ3) is 3.49. The van der Waals surface area contributed by atoms with Crippen LogP contribution in [0.4, 0.5) is 4.39 Å². The van der Waals surface area contributed by atoms with Crippen LogP contribution in [0.5, 0.6) is 0 Å². The van der Waals surface area contributed by atoms with Crippen molar-refractivity contribution in [1.82, 2.24) is 9.80 Å². The third-order valence-electron chi connectivity index (χ3n) is 6.17. The summed E-state index contributed by atoms with van der Waals surface area (Å²) in [6.07, 6.45) is 7.06. The Bertz CT molecular complexity index is 584. The molecule has 2 atom stereocenters. The fourth-order valence-corrected chi connectivity index (χ4v) is 4.50. The summed E-state index contributed by atoms with van der Waals surface area (Å²) in [6, 6.07) is 6.87. The predicted octanol–water partition coefficient (Wildman–Crippen LogP) is 3.09. The highest BCUT2D eigenvalue weighted by Crippen LogP contribution is 2.33. The number of fused-ring (bicyclic) bond motifs is 4. The van der Waals surface area contributed by atoms with Gasteiger partial charge in [0.1, 0.15) is 5.82 Å². The van der Waals surface area contributed by atoms with Crippen LogP contribution in [0.15, 0.2) is 24.3 Å². The van der Waals surface area contributed by atoms with Gasteiger partial charge in [0.25, 0.3) is 0 Å². The molecule has 0 spiro atoms. The molecule has 4 fully saturated rings. The zero-order chi connectivity index (χ0) is 16.5. The Balaban J connectivity index is 1.39. The fraction of sp³-hybridized carbons (Fsp3) is 0.650. The molecule has 4 heteroatoms. The lowest BCUT2D eigenvalue weighted by Crippen LogP contribution is -2.47. The molecule has 4 aliphatic rings. The zero-order valence-corrected chi connectivity index (χ0v) is 14.3. The molecular weight excluding hydrogens is 303 g/mol. The lowest BCUT2D eigenvalue weighted by molar-refractivity contribution is -0.130. The standard InChI is InChI=1S/C20H27FN2O/c21-18-7-4-15(5-8-18)10-20(24)23-13-17-6-9-19(14-23)22(12-17)11-16-2-1-3-16/h4-5,7-8,16-17,19H,1-3,6,9-14H2/t17-,19-/m1/s1. The maximum absolute atomic E-state index is 13.0. The molecule has 3 aliphatic heterocycles. The molecule has 2 bridgehead atoms. The minimum absolute atomic E-state index is 0.198. The van der Waals surface area contributed by atoms with Gasteiger partial charge in [-0.05, 0) is 55.2 Å². The van der Waals surface area contributed by atoms with Crippen molar-refractivity contribution < 1.29 is 9.18 Å². The molecule has 24 heavy (non-hydrogen) atoms. The molecule has 130 valence electrons. The Morgan fingerprint density at radius 2 is 1.83 bits per heavy atom. The van der Waals surface area contributed by atoms with Gasteiger partial charge in [0.15, 0.2) is 0 Å². The molecule has 0 aromatic heterocycles. The van der Waals surface area contributed by atoms with Crippen molar-refractivity contribution in [2.75, 3.05) is 26.2 Å². The Labute approximate surface area is 143 Å². The van der Waals surface area contributed by atoms with Gasteiger partial charge < -0.3 is 4.90 Å². The minimum Gasteiger partial charge on any atom is -0.341 e. The number of halogens is 1. The van der Waals surface area contributed by atoms with E-state index < -0.39 is 0 Å². The second kappa shape index (κ2) is 6.83. The quantitative estimate of drug-likeness (QED) is 0.847. The lowest BCUT2D eigenvalue weighted by Gasteiger charge is -2.40. The van der Waals surface area contributed by atoms with Gasteiger partial charge in [-0.1, -0.05) is 18.6 Å². The number of carbonyl (C=O) groups is 1. The summed E-state index contributed by atoms with van der Waals surface area (Å²) < 4.78 is 13.0. The van der Waals surface area contributed by atoms with E-state index >= 15 is 0 Å². The fourth-order valence-electron chi connectivity index (χ4n) is 4.50. The van der Waals surface area contributed by atoms with E-state index in [0.29, 0.717) is 18.4 Å². The van der Waals surface area contributed by atoms with E-state index in [9.17, 15) is 9.18 Å². The van der Waals surface area contributed by atoms with Crippen LogP contribution in [-0.2, 0) is 11.2 Å². The number of hydrogen-bond donors (Lipinski definition) is 0. The van der Waals surface area contributed by atoms with E-state index in [1.807, 2.05) is 0 Å². The Morgan fingerprint density at radius 1 is 1.04 bits per heavy atom. The molecule has 1 aromatic carbocycles. The Hall–Kier alpha value is -1.42. The Kier molecular flexibility index (Phi) is 4.57. The van der Waals surface area contributed by atoms with E-state index in [0.717, 1.165) is 24.6 Å². The molecule has 1 amide bonds. The van der Waals surface area contributed by atoms with Crippen LogP contribution in [0.25, 0.3) is 0 Å². The van der Waals surface area contributed by atoms with E-state index in [2.05, 4.69) is 9.80 Å². The molecule has 3 saturated heterocycles. The van der Waals surface area contributed by atoms with E-state index in [1.54, 1.807) is 12.1 Å². The van der Waals surface area contributed by atoms with Crippen LogP contribution in [0.2, 0.25) is 0 Å². The van der Waals surface area contributed by atoms with Gasteiger partial charge in [0.05, 0.1) is 6.42 Å². The van der Waals surface area contributed by atoms with Crippen molar-refractivity contribution in [3.05, 3.63) is 35.6 Å². The molecule has 1 aliphatic carbocycles. The Morgan fingerprint density at radius 3 is 2.54 bits per heavy atom. The molecule has 5 rings (SSSR count). The van der Waals surface area contributed by atoms with Crippen LogP contribution < -0.4 is 0 Å². The predicted molar refractivity (Wildman–Crippen MR) is 92.1 cm³/mol. The first-order valence-corrected chi connectivity index (χ1v) is 9.43. The topological polar surface area (TPSA) is 23.6 Å². The molecule has 3 heterocycles. The largest absolute Gasteiger partial charge is 0.341 e. The number of hydrogen-bond acceptors (Lipinski definition) is 2. The van der Waals surface area contributed by atoms with E-state index in [1.165, 1.54) is 57.3 Å². The number of benzene rings is 1. The summed E-state index contributed by atoms with van der Waals surface area (Å²) >= 11 is 0. The van der Waals surface area contributed by atoms with Crippen LogP contribution in [0.3, 0.4) is 0 Å². The van der Waals surface area contributed by atoms with Crippen molar-refractivity contribution in [1.29, 1.82) is 0 Å². The van der Waals surface area contributed by atoms with Crippen LogP contribution in [0.1, 0.15) is 37.7 Å². The van der Waals surface area contributed by atoms with Crippen molar-refractivity contribution in [3.63, 3.8) is 0 Å². The number of amides is 1. The molecule has 0 radical (unpaired) electrons. The smallest absolute Gasteiger partial charge is 0.227 e. The summed E-state index contributed by atoms with van der Waals surface area (Å²) in [5.74, 6) is 1.48. The summed E-state index contributed by atoms with van der Waals surface area (Å²) in [5.41, 5.74) is 0.907. The first-order chi connectivity index (χ1) is 11.7. The van der Waals surface area contributed by atoms with Crippen molar-refractivity contribution in [2.24, 2.45) is 11.8 Å². The van der Waals surface area contributed by atoms with Crippen LogP contribution in [0, 0.1) is 17.7 Å². The highest BCUT2D eigenvalue weighted by Gasteiger charge is 2.37. The van der Waals surface area contributed by atoms with Crippen LogP contribution >= 0.6 is 0 Å². The maximum Gasteiger partial charge on any atom is 0.227 e. The number of rotatable bonds is 4. The van der Waals surface area contributed by atoms with Crippen molar-refractivity contribution in [2.45, 2.75) is 44.6 Å². The molecule has 1 saturated carbocycles. The second-order valence-electron chi connectivity index (χ2n) is 7.95. The third-order valence-corrected chi connectivity index (χ3v) is 6.17. The van der Waals surface area contributed by atoms with Crippen molar-refractivity contribution >= 4 is 5.91 Å². The van der Waals surface area contributed by atoms with Gasteiger partial charge in [-0.2, -0.15) is 0 Å². The molecule has 0 N–H and O–H groups in total. The van der Waals surface area contributed by atoms with Gasteiger partial charge in [-0.15, -0.1) is 0 Å². The monoisotopic (exact) mass is 330 g/mol. The normalized spacial score (nSPS) is 27.8. The van der Waals surface area contributed by atoms with Gasteiger partial charge in [0.2, 0.25) is 5.91 Å². The average molecular weight is 330 g/mol. The molecule has 0 unspecified atom stereocenters. The van der Waals surface area contributed by atoms with Gasteiger partial charge in [-0.3, -0.25) is 9.69 Å². The van der Waals surface area contributed by atoms with Gasteiger partial charge in [0, 0.05) is 32.2 Å². The van der Waals surface area contributed by atoms with Crippen molar-refractivity contribution in [3.8, 4) is 0 Å². The number of carbonyl (C=O) groups excluding carboxylic acids is 1. The lowest BCUT2D eigenvalue weighted by atomic mass is 9.83. The maximum atomic E-state index is 13.0. The first kappa shape index (κ1) is 16.1. The minimum atomic E-state index is -0.245. The SMILES string of the molecule is O=C(Cc1ccc(F)cc1)N1C[C@@H]2CC[C@H](C1)N(CC1CCC1)C2. The highest BCUT2D eigenvalue weighted by atomic mass is 19.1. The van der Waals surface area contributed by atoms with E-state index in [-0.39, 0.29) is 11.7 Å².